The highest BCUT2D eigenvalue weighted by Gasteiger charge is 2.22. The number of fused-ring (bicyclic) bond motifs is 1. The lowest BCUT2D eigenvalue weighted by atomic mass is 9.85. The Morgan fingerprint density at radius 3 is 2.81 bits per heavy atom. The smallest absolute Gasteiger partial charge is 0.134 e. The van der Waals surface area contributed by atoms with Crippen molar-refractivity contribution in [3.8, 4) is 0 Å². The number of para-hydroxylation sites is 1. The van der Waals surface area contributed by atoms with Gasteiger partial charge < -0.3 is 14.6 Å². The number of benzene rings is 1. The summed E-state index contributed by atoms with van der Waals surface area (Å²) in [4.78, 5) is 2.45. The molecule has 0 amide bonds. The maximum Gasteiger partial charge on any atom is 0.134 e. The van der Waals surface area contributed by atoms with E-state index in [4.69, 9.17) is 4.42 Å². The molecule has 0 spiro atoms. The van der Waals surface area contributed by atoms with Gasteiger partial charge in [0, 0.05) is 18.5 Å². The van der Waals surface area contributed by atoms with Crippen LogP contribution in [0.3, 0.4) is 0 Å². The van der Waals surface area contributed by atoms with Crippen LogP contribution in [0.5, 0.6) is 0 Å². The molecule has 0 bridgehead atoms. The van der Waals surface area contributed by atoms with Gasteiger partial charge >= 0.3 is 0 Å². The Labute approximate surface area is 127 Å². The molecule has 0 aliphatic heterocycles. The van der Waals surface area contributed by atoms with Crippen molar-refractivity contribution < 1.29 is 4.42 Å². The summed E-state index contributed by atoms with van der Waals surface area (Å²) in [5.41, 5.74) is 0.983. The molecule has 21 heavy (non-hydrogen) atoms. The molecule has 0 saturated heterocycles. The average Bonchev–Trinajstić information content (AvgIpc) is 2.86. The number of hydrogen-bond donors (Lipinski definition) is 1. The van der Waals surface area contributed by atoms with Gasteiger partial charge in [0.2, 0.25) is 0 Å². The minimum Gasteiger partial charge on any atom is -0.459 e. The summed E-state index contributed by atoms with van der Waals surface area (Å²) in [5.74, 6) is 1.96. The van der Waals surface area contributed by atoms with Gasteiger partial charge in [0.05, 0.1) is 6.04 Å². The molecule has 3 heteroatoms. The van der Waals surface area contributed by atoms with Crippen LogP contribution < -0.4 is 5.32 Å². The fourth-order valence-electron chi connectivity index (χ4n) is 3.18. The minimum atomic E-state index is 0.271. The maximum atomic E-state index is 6.04. The molecule has 1 fully saturated rings. The third kappa shape index (κ3) is 3.47. The van der Waals surface area contributed by atoms with E-state index in [1.165, 1.54) is 31.2 Å². The third-order valence-corrected chi connectivity index (χ3v) is 4.53. The fourth-order valence-corrected chi connectivity index (χ4v) is 3.18. The van der Waals surface area contributed by atoms with E-state index in [1.54, 1.807) is 0 Å². The zero-order chi connectivity index (χ0) is 14.7. The van der Waals surface area contributed by atoms with Crippen LogP contribution in [0, 0.1) is 5.92 Å². The van der Waals surface area contributed by atoms with Gasteiger partial charge in [0.15, 0.2) is 0 Å². The van der Waals surface area contributed by atoms with Gasteiger partial charge in [0.1, 0.15) is 11.3 Å². The summed E-state index contributed by atoms with van der Waals surface area (Å²) in [6, 6.07) is 10.7. The van der Waals surface area contributed by atoms with Gasteiger partial charge in [0.25, 0.3) is 0 Å². The second kappa shape index (κ2) is 6.63. The topological polar surface area (TPSA) is 28.4 Å². The van der Waals surface area contributed by atoms with Crippen LogP contribution in [0.4, 0.5) is 0 Å². The van der Waals surface area contributed by atoms with Crippen LogP contribution in [0.25, 0.3) is 11.0 Å². The van der Waals surface area contributed by atoms with Crippen LogP contribution in [-0.4, -0.2) is 31.6 Å². The molecule has 1 aliphatic rings. The Bertz CT molecular complexity index is 540. The predicted molar refractivity (Wildman–Crippen MR) is 87.5 cm³/mol. The molecule has 114 valence electrons. The number of furan rings is 1. The number of hydrogen-bond acceptors (Lipinski definition) is 3. The predicted octanol–water partition coefficient (Wildman–Crippen LogP) is 3.82. The van der Waals surface area contributed by atoms with Crippen molar-refractivity contribution in [2.24, 2.45) is 5.92 Å². The Morgan fingerprint density at radius 2 is 2.14 bits per heavy atom. The first-order chi connectivity index (χ1) is 10.3. The van der Waals surface area contributed by atoms with E-state index < -0.39 is 0 Å². The highest BCUT2D eigenvalue weighted by atomic mass is 16.3. The van der Waals surface area contributed by atoms with Crippen molar-refractivity contribution in [1.29, 1.82) is 0 Å². The summed E-state index contributed by atoms with van der Waals surface area (Å²) >= 11 is 0. The van der Waals surface area contributed by atoms with Crippen molar-refractivity contribution in [2.45, 2.75) is 32.2 Å². The van der Waals surface area contributed by atoms with E-state index >= 15 is 0 Å². The zero-order valence-electron chi connectivity index (χ0n) is 13.1. The normalized spacial score (nSPS) is 17.3. The molecule has 0 radical (unpaired) electrons. The average molecular weight is 286 g/mol. The van der Waals surface area contributed by atoms with Crippen molar-refractivity contribution in [2.75, 3.05) is 26.7 Å². The number of likely N-dealkylation sites (N-methyl/N-ethyl adjacent to an activating group) is 2. The molecule has 1 atom stereocenters. The molecule has 3 nitrogen and oxygen atoms in total. The lowest BCUT2D eigenvalue weighted by Crippen LogP contribution is -2.36. The van der Waals surface area contributed by atoms with E-state index in [1.807, 2.05) is 12.1 Å². The van der Waals surface area contributed by atoms with Crippen molar-refractivity contribution >= 4 is 11.0 Å². The van der Waals surface area contributed by atoms with Gasteiger partial charge in [-0.2, -0.15) is 0 Å². The number of rotatable bonds is 7. The quantitative estimate of drug-likeness (QED) is 0.839. The van der Waals surface area contributed by atoms with E-state index in [-0.39, 0.29) is 6.04 Å². The first kappa shape index (κ1) is 14.6. The molecular weight excluding hydrogens is 260 g/mol. The molecule has 1 aliphatic carbocycles. The number of nitrogens with one attached hydrogen (secondary N) is 1. The highest BCUT2D eigenvalue weighted by Crippen LogP contribution is 2.28. The summed E-state index contributed by atoms with van der Waals surface area (Å²) < 4.78 is 6.04. The van der Waals surface area contributed by atoms with Crippen molar-refractivity contribution in [1.82, 2.24) is 10.2 Å². The van der Waals surface area contributed by atoms with E-state index in [0.717, 1.165) is 30.4 Å². The molecule has 1 unspecified atom stereocenters. The van der Waals surface area contributed by atoms with Crippen LogP contribution in [0.1, 0.15) is 38.0 Å². The van der Waals surface area contributed by atoms with Gasteiger partial charge in [-0.3, -0.25) is 0 Å². The third-order valence-electron chi connectivity index (χ3n) is 4.53. The highest BCUT2D eigenvalue weighted by molar-refractivity contribution is 5.77. The lowest BCUT2D eigenvalue weighted by molar-refractivity contribution is 0.187. The van der Waals surface area contributed by atoms with Crippen LogP contribution >= 0.6 is 0 Å². The molecular formula is C18H26N2O. The SMILES string of the molecule is CCNC(CN(C)CC1CCC1)c1cc2ccccc2o1. The second-order valence-electron chi connectivity index (χ2n) is 6.31. The Hall–Kier alpha value is -1.32. The van der Waals surface area contributed by atoms with Gasteiger partial charge in [-0.1, -0.05) is 31.5 Å². The van der Waals surface area contributed by atoms with Crippen molar-refractivity contribution in [3.05, 3.63) is 36.1 Å². The maximum absolute atomic E-state index is 6.04. The standard InChI is InChI=1S/C18H26N2O/c1-3-19-16(13-20(2)12-14-7-6-8-14)18-11-15-9-4-5-10-17(15)21-18/h4-5,9-11,14,16,19H,3,6-8,12-13H2,1-2H3. The van der Waals surface area contributed by atoms with E-state index in [9.17, 15) is 0 Å². The van der Waals surface area contributed by atoms with Crippen LogP contribution in [0.15, 0.2) is 34.7 Å². The van der Waals surface area contributed by atoms with E-state index in [0.29, 0.717) is 0 Å². The minimum absolute atomic E-state index is 0.271. The van der Waals surface area contributed by atoms with Gasteiger partial charge in [-0.15, -0.1) is 0 Å². The summed E-state index contributed by atoms with van der Waals surface area (Å²) in [6.07, 6.45) is 4.22. The molecule has 1 heterocycles. The first-order valence-electron chi connectivity index (χ1n) is 8.16. The lowest BCUT2D eigenvalue weighted by Gasteiger charge is -2.31. The van der Waals surface area contributed by atoms with Gasteiger partial charge in [-0.25, -0.2) is 0 Å². The Kier molecular flexibility index (Phi) is 4.61. The monoisotopic (exact) mass is 286 g/mol. The Balaban J connectivity index is 1.70. The number of nitrogens with zero attached hydrogens (tertiary/aromatic N) is 1. The molecule has 1 aromatic carbocycles. The Morgan fingerprint density at radius 1 is 1.33 bits per heavy atom. The zero-order valence-corrected chi connectivity index (χ0v) is 13.1. The first-order valence-corrected chi connectivity index (χ1v) is 8.16. The summed E-state index contributed by atoms with van der Waals surface area (Å²) in [6.45, 7) is 5.33. The van der Waals surface area contributed by atoms with Gasteiger partial charge in [-0.05, 0) is 44.5 Å². The molecule has 1 saturated carbocycles. The molecule has 1 N–H and O–H groups in total. The van der Waals surface area contributed by atoms with E-state index in [2.05, 4.69) is 42.4 Å². The fraction of sp³-hybridized carbons (Fsp3) is 0.556. The molecule has 2 aromatic rings. The largest absolute Gasteiger partial charge is 0.459 e. The van der Waals surface area contributed by atoms with Crippen molar-refractivity contribution in [3.63, 3.8) is 0 Å². The van der Waals surface area contributed by atoms with Crippen LogP contribution in [0.2, 0.25) is 0 Å². The summed E-state index contributed by atoms with van der Waals surface area (Å²) in [7, 11) is 2.23. The summed E-state index contributed by atoms with van der Waals surface area (Å²) in [5, 5.41) is 4.76. The molecule has 3 rings (SSSR count). The molecule has 1 aromatic heterocycles. The second-order valence-corrected chi connectivity index (χ2v) is 6.31. The van der Waals surface area contributed by atoms with Crippen LogP contribution in [-0.2, 0) is 0 Å².